The quantitative estimate of drug-likeness (QED) is 0.324. The number of methoxy groups -OCH3 is 2. The molecule has 1 fully saturated rings. The number of hydrogen-bond donors (Lipinski definition) is 0. The van der Waals surface area contributed by atoms with E-state index < -0.39 is 5.60 Å². The zero-order valence-corrected chi connectivity index (χ0v) is 22.0. The lowest BCUT2D eigenvalue weighted by atomic mass is 9.79. The highest BCUT2D eigenvalue weighted by atomic mass is 32.1. The van der Waals surface area contributed by atoms with Gasteiger partial charge in [0.15, 0.2) is 10.7 Å². The molecule has 0 saturated carbocycles. The molecule has 2 heterocycles. The second-order valence-corrected chi connectivity index (χ2v) is 9.93. The fourth-order valence-corrected chi connectivity index (χ4v) is 3.78. The minimum Gasteiger partial charge on any atom is -0.496 e. The third kappa shape index (κ3) is 5.01. The molecule has 1 aromatic heterocycles. The number of ether oxygens (including phenoxy) is 4. The molecular weight excluding hydrogens is 458 g/mol. The Labute approximate surface area is 206 Å². The molecule has 3 rings (SSSR count). The molecule has 33 heavy (non-hydrogen) atoms. The van der Waals surface area contributed by atoms with Crippen LogP contribution in [-0.4, -0.2) is 41.4 Å². The van der Waals surface area contributed by atoms with Gasteiger partial charge in [-0.1, -0.05) is 33.0 Å². The standard InChI is InChI=1S/C25H31NO5S2/c1-9-26-22(32)20(30-23(26)33)12-15-10-11-17(29-15)21-18(27-7)13-16(14-19(21)28-8)31-25(5,6)24(2,3)4/h10-14H,9H2,1-8H3/b20-12-. The number of thiocarbonyl (C=S) groups is 2. The third-order valence-corrected chi connectivity index (χ3v) is 6.72. The van der Waals surface area contributed by atoms with Crippen molar-refractivity contribution >= 4 is 40.7 Å². The number of likely N-dealkylation sites (N-methyl/N-ethyl adjacent to an activating group) is 1. The molecule has 0 unspecified atom stereocenters. The Morgan fingerprint density at radius 1 is 1.00 bits per heavy atom. The van der Waals surface area contributed by atoms with Crippen LogP contribution in [0.5, 0.6) is 17.2 Å². The summed E-state index contributed by atoms with van der Waals surface area (Å²) in [6, 6.07) is 7.37. The van der Waals surface area contributed by atoms with Gasteiger partial charge in [0.2, 0.25) is 0 Å². The van der Waals surface area contributed by atoms with Crippen molar-refractivity contribution < 1.29 is 23.4 Å². The highest BCUT2D eigenvalue weighted by Crippen LogP contribution is 2.44. The number of benzene rings is 1. The summed E-state index contributed by atoms with van der Waals surface area (Å²) in [5, 5.41) is 0.345. The van der Waals surface area contributed by atoms with Gasteiger partial charge in [0.1, 0.15) is 39.9 Å². The molecular formula is C25H31NO5S2. The second kappa shape index (κ2) is 9.35. The Kier molecular flexibility index (Phi) is 7.10. The molecule has 178 valence electrons. The Balaban J connectivity index is 1.97. The van der Waals surface area contributed by atoms with Crippen molar-refractivity contribution in [3.05, 3.63) is 35.8 Å². The SMILES string of the molecule is CCN1C(=S)O/C(=C\c2ccc(-c3c(OC)cc(OC(C)(C)C(C)(C)C)cc3OC)o2)C1=S. The summed E-state index contributed by atoms with van der Waals surface area (Å²) in [6.07, 6.45) is 1.73. The molecule has 1 aromatic carbocycles. The number of rotatable bonds is 7. The van der Waals surface area contributed by atoms with Gasteiger partial charge in [0.25, 0.3) is 5.17 Å². The molecule has 0 aliphatic carbocycles. The lowest BCUT2D eigenvalue weighted by Crippen LogP contribution is -2.42. The van der Waals surface area contributed by atoms with Crippen LogP contribution in [-0.2, 0) is 4.74 Å². The average Bonchev–Trinajstić information content (AvgIpc) is 3.30. The van der Waals surface area contributed by atoms with Crippen molar-refractivity contribution in [3.8, 4) is 28.6 Å². The first-order chi connectivity index (χ1) is 15.4. The Hall–Kier alpha value is -2.58. The molecule has 2 aromatic rings. The van der Waals surface area contributed by atoms with E-state index in [4.69, 9.17) is 47.8 Å². The minimum absolute atomic E-state index is 0.0753. The summed E-state index contributed by atoms with van der Waals surface area (Å²) in [4.78, 5) is 2.29. The maximum atomic E-state index is 6.33. The largest absolute Gasteiger partial charge is 0.496 e. The zero-order chi connectivity index (χ0) is 24.6. The number of hydrogen-bond acceptors (Lipinski definition) is 7. The van der Waals surface area contributed by atoms with Crippen LogP contribution < -0.4 is 14.2 Å². The molecule has 1 aliphatic rings. The highest BCUT2D eigenvalue weighted by Gasteiger charge is 2.35. The summed E-state index contributed by atoms with van der Waals surface area (Å²) in [5.74, 6) is 3.45. The monoisotopic (exact) mass is 489 g/mol. The summed E-state index contributed by atoms with van der Waals surface area (Å²) < 4.78 is 29.4. The van der Waals surface area contributed by atoms with Gasteiger partial charge in [0.05, 0.1) is 14.2 Å². The van der Waals surface area contributed by atoms with Crippen molar-refractivity contribution in [2.24, 2.45) is 5.41 Å². The van der Waals surface area contributed by atoms with Gasteiger partial charge >= 0.3 is 0 Å². The maximum Gasteiger partial charge on any atom is 0.270 e. The van der Waals surface area contributed by atoms with Gasteiger partial charge in [-0.05, 0) is 45.1 Å². The van der Waals surface area contributed by atoms with E-state index >= 15 is 0 Å². The van der Waals surface area contributed by atoms with Crippen molar-refractivity contribution in [2.75, 3.05) is 20.8 Å². The molecule has 1 aliphatic heterocycles. The normalized spacial score (nSPS) is 15.8. The van der Waals surface area contributed by atoms with E-state index in [2.05, 4.69) is 34.6 Å². The topological polar surface area (TPSA) is 53.3 Å². The Morgan fingerprint density at radius 3 is 2.09 bits per heavy atom. The van der Waals surface area contributed by atoms with Crippen LogP contribution in [0.1, 0.15) is 47.3 Å². The van der Waals surface area contributed by atoms with Gasteiger partial charge in [-0.15, -0.1) is 0 Å². The summed E-state index contributed by atoms with van der Waals surface area (Å²) in [7, 11) is 3.21. The van der Waals surface area contributed by atoms with Crippen LogP contribution in [0.4, 0.5) is 0 Å². The fraction of sp³-hybridized carbons (Fsp3) is 0.440. The van der Waals surface area contributed by atoms with E-state index in [0.29, 0.717) is 56.8 Å². The summed E-state index contributed by atoms with van der Waals surface area (Å²) in [5.41, 5.74) is 0.196. The lowest BCUT2D eigenvalue weighted by molar-refractivity contribution is 0.000543. The van der Waals surface area contributed by atoms with E-state index in [1.807, 2.05) is 31.2 Å². The van der Waals surface area contributed by atoms with Crippen LogP contribution in [0.2, 0.25) is 0 Å². The van der Waals surface area contributed by atoms with E-state index in [1.54, 1.807) is 25.2 Å². The van der Waals surface area contributed by atoms with E-state index in [-0.39, 0.29) is 5.41 Å². The smallest absolute Gasteiger partial charge is 0.270 e. The second-order valence-electron chi connectivity index (χ2n) is 9.19. The summed E-state index contributed by atoms with van der Waals surface area (Å²) >= 11 is 10.7. The van der Waals surface area contributed by atoms with Gasteiger partial charge in [-0.3, -0.25) is 4.90 Å². The van der Waals surface area contributed by atoms with E-state index in [9.17, 15) is 0 Å². The fourth-order valence-electron chi connectivity index (χ4n) is 3.10. The molecule has 0 radical (unpaired) electrons. The van der Waals surface area contributed by atoms with Crippen LogP contribution in [0, 0.1) is 5.41 Å². The molecule has 6 nitrogen and oxygen atoms in total. The van der Waals surface area contributed by atoms with Gasteiger partial charge < -0.3 is 23.4 Å². The average molecular weight is 490 g/mol. The zero-order valence-electron chi connectivity index (χ0n) is 20.4. The van der Waals surface area contributed by atoms with Gasteiger partial charge in [0, 0.05) is 30.2 Å². The first-order valence-electron chi connectivity index (χ1n) is 10.7. The molecule has 0 spiro atoms. The van der Waals surface area contributed by atoms with E-state index in [0.717, 1.165) is 0 Å². The Bertz CT molecular complexity index is 1070. The highest BCUT2D eigenvalue weighted by molar-refractivity contribution is 7.82. The van der Waals surface area contributed by atoms with Crippen LogP contribution in [0.25, 0.3) is 17.4 Å². The van der Waals surface area contributed by atoms with E-state index in [1.165, 1.54) is 0 Å². The summed E-state index contributed by atoms with van der Waals surface area (Å²) in [6.45, 7) is 13.2. The lowest BCUT2D eigenvalue weighted by Gasteiger charge is -2.39. The van der Waals surface area contributed by atoms with Crippen LogP contribution in [0.15, 0.2) is 34.4 Å². The molecule has 1 saturated heterocycles. The molecule has 8 heteroatoms. The molecule has 0 amide bonds. The predicted molar refractivity (Wildman–Crippen MR) is 138 cm³/mol. The Morgan fingerprint density at radius 2 is 1.61 bits per heavy atom. The molecule has 0 N–H and O–H groups in total. The van der Waals surface area contributed by atoms with Crippen LogP contribution >= 0.6 is 24.4 Å². The van der Waals surface area contributed by atoms with Crippen molar-refractivity contribution in [2.45, 2.75) is 47.1 Å². The number of nitrogens with zero attached hydrogens (tertiary/aromatic N) is 1. The number of furan rings is 1. The van der Waals surface area contributed by atoms with Crippen LogP contribution in [0.3, 0.4) is 0 Å². The molecule has 0 atom stereocenters. The minimum atomic E-state index is -0.415. The predicted octanol–water partition coefficient (Wildman–Crippen LogP) is 6.47. The third-order valence-electron chi connectivity index (χ3n) is 5.99. The van der Waals surface area contributed by atoms with Gasteiger partial charge in [-0.2, -0.15) is 0 Å². The molecule has 0 bridgehead atoms. The van der Waals surface area contributed by atoms with Crippen molar-refractivity contribution in [3.63, 3.8) is 0 Å². The van der Waals surface area contributed by atoms with Crippen molar-refractivity contribution in [1.82, 2.24) is 4.90 Å². The maximum absolute atomic E-state index is 6.33. The van der Waals surface area contributed by atoms with Gasteiger partial charge in [-0.25, -0.2) is 0 Å². The first kappa shape index (κ1) is 25.1. The van der Waals surface area contributed by atoms with Crippen molar-refractivity contribution in [1.29, 1.82) is 0 Å². The first-order valence-corrected chi connectivity index (χ1v) is 11.5.